The predicted molar refractivity (Wildman–Crippen MR) is 101 cm³/mol. The lowest BCUT2D eigenvalue weighted by molar-refractivity contribution is -0.134. The van der Waals surface area contributed by atoms with Crippen LogP contribution in [0.25, 0.3) is 10.2 Å². The SMILES string of the molecule is CCC1c2ccsc2CCN1C(=O)CCn1cnc2sccc2c1=O. The molecule has 4 heterocycles. The van der Waals surface area contributed by atoms with E-state index in [9.17, 15) is 9.59 Å². The van der Waals surface area contributed by atoms with E-state index >= 15 is 0 Å². The fraction of sp³-hybridized carbons (Fsp3) is 0.389. The molecule has 7 heteroatoms. The molecule has 0 radical (unpaired) electrons. The van der Waals surface area contributed by atoms with Crippen molar-refractivity contribution in [1.82, 2.24) is 14.5 Å². The highest BCUT2D eigenvalue weighted by molar-refractivity contribution is 7.16. The lowest BCUT2D eigenvalue weighted by Gasteiger charge is -2.35. The third-order valence-electron chi connectivity index (χ3n) is 4.82. The molecule has 0 spiro atoms. The third kappa shape index (κ3) is 2.91. The predicted octanol–water partition coefficient (Wildman–Crippen LogP) is 3.45. The smallest absolute Gasteiger partial charge is 0.262 e. The van der Waals surface area contributed by atoms with Gasteiger partial charge in [-0.05, 0) is 41.3 Å². The Kier molecular flexibility index (Phi) is 4.43. The van der Waals surface area contributed by atoms with Gasteiger partial charge in [-0.2, -0.15) is 0 Å². The Morgan fingerprint density at radius 2 is 2.16 bits per heavy atom. The van der Waals surface area contributed by atoms with E-state index in [-0.39, 0.29) is 17.5 Å². The number of hydrogen-bond acceptors (Lipinski definition) is 5. The van der Waals surface area contributed by atoms with E-state index in [0.717, 1.165) is 24.2 Å². The van der Waals surface area contributed by atoms with E-state index in [0.29, 0.717) is 18.4 Å². The molecule has 0 saturated heterocycles. The van der Waals surface area contributed by atoms with Crippen molar-refractivity contribution in [3.05, 3.63) is 50.0 Å². The summed E-state index contributed by atoms with van der Waals surface area (Å²) in [6.45, 7) is 3.26. The highest BCUT2D eigenvalue weighted by Gasteiger charge is 2.29. The van der Waals surface area contributed by atoms with Crippen LogP contribution in [0.5, 0.6) is 0 Å². The van der Waals surface area contributed by atoms with Crippen molar-refractivity contribution in [1.29, 1.82) is 0 Å². The van der Waals surface area contributed by atoms with Gasteiger partial charge in [0.15, 0.2) is 0 Å². The van der Waals surface area contributed by atoms with Crippen LogP contribution >= 0.6 is 22.7 Å². The molecule has 3 aromatic rings. The molecule has 130 valence electrons. The molecule has 0 N–H and O–H groups in total. The molecule has 1 aliphatic heterocycles. The fourth-order valence-corrected chi connectivity index (χ4v) is 5.20. The van der Waals surface area contributed by atoms with Crippen LogP contribution in [0.3, 0.4) is 0 Å². The molecule has 25 heavy (non-hydrogen) atoms. The molecule has 1 unspecified atom stereocenters. The van der Waals surface area contributed by atoms with Gasteiger partial charge in [0, 0.05) is 24.4 Å². The van der Waals surface area contributed by atoms with Crippen molar-refractivity contribution in [2.75, 3.05) is 6.54 Å². The zero-order chi connectivity index (χ0) is 17.4. The van der Waals surface area contributed by atoms with Gasteiger partial charge in [0.05, 0.1) is 17.8 Å². The molecular weight excluding hydrogens is 354 g/mol. The molecule has 1 amide bonds. The molecular formula is C18H19N3O2S2. The second kappa shape index (κ2) is 6.72. The van der Waals surface area contributed by atoms with Crippen molar-refractivity contribution in [3.8, 4) is 0 Å². The second-order valence-electron chi connectivity index (χ2n) is 6.19. The van der Waals surface area contributed by atoms with Crippen molar-refractivity contribution < 1.29 is 4.79 Å². The first kappa shape index (κ1) is 16.5. The van der Waals surface area contributed by atoms with Gasteiger partial charge in [0.1, 0.15) is 4.83 Å². The highest BCUT2D eigenvalue weighted by atomic mass is 32.1. The Morgan fingerprint density at radius 3 is 3.00 bits per heavy atom. The van der Waals surface area contributed by atoms with Crippen molar-refractivity contribution in [3.63, 3.8) is 0 Å². The summed E-state index contributed by atoms with van der Waals surface area (Å²) in [6, 6.07) is 4.10. The normalized spacial score (nSPS) is 17.0. The molecule has 0 bridgehead atoms. The van der Waals surface area contributed by atoms with Gasteiger partial charge in [-0.25, -0.2) is 4.98 Å². The summed E-state index contributed by atoms with van der Waals surface area (Å²) in [7, 11) is 0. The molecule has 4 rings (SSSR count). The Labute approximate surface area is 153 Å². The quantitative estimate of drug-likeness (QED) is 0.704. The number of rotatable bonds is 4. The Bertz CT molecular complexity index is 972. The molecule has 0 aliphatic carbocycles. The first-order chi connectivity index (χ1) is 12.2. The van der Waals surface area contributed by atoms with Gasteiger partial charge >= 0.3 is 0 Å². The van der Waals surface area contributed by atoms with Gasteiger partial charge in [-0.1, -0.05) is 6.92 Å². The van der Waals surface area contributed by atoms with E-state index in [4.69, 9.17) is 0 Å². The topological polar surface area (TPSA) is 55.2 Å². The van der Waals surface area contributed by atoms with Crippen molar-refractivity contribution >= 4 is 38.8 Å². The van der Waals surface area contributed by atoms with Crippen LogP contribution in [0.1, 0.15) is 36.2 Å². The summed E-state index contributed by atoms with van der Waals surface area (Å²) in [4.78, 5) is 33.7. The second-order valence-corrected chi connectivity index (χ2v) is 8.09. The molecule has 5 nitrogen and oxygen atoms in total. The number of fused-ring (bicyclic) bond motifs is 2. The summed E-state index contributed by atoms with van der Waals surface area (Å²) in [5.41, 5.74) is 1.23. The number of nitrogens with zero attached hydrogens (tertiary/aromatic N) is 3. The maximum Gasteiger partial charge on any atom is 0.262 e. The zero-order valence-electron chi connectivity index (χ0n) is 14.0. The number of carbonyl (C=O) groups excluding carboxylic acids is 1. The molecule has 0 saturated carbocycles. The van der Waals surface area contributed by atoms with Crippen molar-refractivity contribution in [2.45, 2.75) is 38.8 Å². The van der Waals surface area contributed by atoms with Crippen LogP contribution in [0.15, 0.2) is 34.0 Å². The minimum atomic E-state index is -0.0649. The van der Waals surface area contributed by atoms with Crippen LogP contribution in [0, 0.1) is 0 Å². The lowest BCUT2D eigenvalue weighted by atomic mass is 9.97. The van der Waals surface area contributed by atoms with Gasteiger partial charge in [-0.15, -0.1) is 22.7 Å². The fourth-order valence-electron chi connectivity index (χ4n) is 3.55. The summed E-state index contributed by atoms with van der Waals surface area (Å²) < 4.78 is 1.55. The number of thiophene rings is 2. The Morgan fingerprint density at radius 1 is 1.32 bits per heavy atom. The minimum Gasteiger partial charge on any atom is -0.335 e. The molecule has 0 fully saturated rings. The average Bonchev–Trinajstić information content (AvgIpc) is 3.29. The van der Waals surface area contributed by atoms with E-state index < -0.39 is 0 Å². The lowest BCUT2D eigenvalue weighted by Crippen LogP contribution is -2.40. The van der Waals surface area contributed by atoms with Gasteiger partial charge in [0.25, 0.3) is 5.56 Å². The van der Waals surface area contributed by atoms with Crippen LogP contribution in [-0.2, 0) is 17.8 Å². The minimum absolute atomic E-state index is 0.0649. The third-order valence-corrected chi connectivity index (χ3v) is 6.64. The summed E-state index contributed by atoms with van der Waals surface area (Å²) >= 11 is 3.24. The largest absolute Gasteiger partial charge is 0.335 e. The van der Waals surface area contributed by atoms with E-state index in [2.05, 4.69) is 23.4 Å². The van der Waals surface area contributed by atoms with Gasteiger partial charge in [-0.3, -0.25) is 14.2 Å². The molecule has 3 aromatic heterocycles. The maximum absolute atomic E-state index is 12.8. The van der Waals surface area contributed by atoms with Crippen LogP contribution in [-0.4, -0.2) is 26.9 Å². The van der Waals surface area contributed by atoms with Crippen LogP contribution < -0.4 is 5.56 Å². The van der Waals surface area contributed by atoms with Crippen LogP contribution in [0.2, 0.25) is 0 Å². The van der Waals surface area contributed by atoms with Crippen molar-refractivity contribution in [2.24, 2.45) is 0 Å². The molecule has 0 aromatic carbocycles. The first-order valence-corrected chi connectivity index (χ1v) is 10.2. The van der Waals surface area contributed by atoms with Gasteiger partial charge in [0.2, 0.25) is 5.91 Å². The highest BCUT2D eigenvalue weighted by Crippen LogP contribution is 2.35. The number of aryl methyl sites for hydroxylation is 1. The maximum atomic E-state index is 12.8. The Balaban J connectivity index is 1.50. The molecule has 1 aliphatic rings. The van der Waals surface area contributed by atoms with Crippen LogP contribution in [0.4, 0.5) is 0 Å². The number of carbonyl (C=O) groups is 1. The number of aromatic nitrogens is 2. The Hall–Kier alpha value is -1.99. The number of hydrogen-bond donors (Lipinski definition) is 0. The summed E-state index contributed by atoms with van der Waals surface area (Å²) in [5.74, 6) is 0.112. The van der Waals surface area contributed by atoms with E-state index in [1.165, 1.54) is 21.8 Å². The monoisotopic (exact) mass is 373 g/mol. The van der Waals surface area contributed by atoms with E-state index in [1.54, 1.807) is 28.3 Å². The zero-order valence-corrected chi connectivity index (χ0v) is 15.6. The summed E-state index contributed by atoms with van der Waals surface area (Å²) in [6.07, 6.45) is 3.72. The molecule has 1 atom stereocenters. The standard InChI is InChI=1S/C18H19N3O2S2/c1-2-14-12-5-9-24-15(12)3-8-21(14)16(22)4-7-20-11-19-17-13(18(20)23)6-10-25-17/h5-6,9-11,14H,2-4,7-8H2,1H3. The first-order valence-electron chi connectivity index (χ1n) is 8.47. The van der Waals surface area contributed by atoms with E-state index in [1.807, 2.05) is 10.3 Å². The van der Waals surface area contributed by atoms with Gasteiger partial charge < -0.3 is 4.90 Å². The number of amides is 1. The summed E-state index contributed by atoms with van der Waals surface area (Å²) in [5, 5.41) is 4.61. The average molecular weight is 374 g/mol.